The molecular weight excluding hydrogens is 482 g/mol. The third-order valence-corrected chi connectivity index (χ3v) is 6.85. The van der Waals surface area contributed by atoms with Gasteiger partial charge in [0.05, 0.1) is 18.2 Å². The van der Waals surface area contributed by atoms with Crippen molar-refractivity contribution in [1.82, 2.24) is 15.3 Å². The van der Waals surface area contributed by atoms with E-state index in [0.29, 0.717) is 35.8 Å². The lowest BCUT2D eigenvalue weighted by Gasteiger charge is -2.29. The van der Waals surface area contributed by atoms with Crippen LogP contribution in [0, 0.1) is 5.92 Å². The second-order valence-corrected chi connectivity index (χ2v) is 9.55. The van der Waals surface area contributed by atoms with Gasteiger partial charge in [-0.25, -0.2) is 4.98 Å². The molecule has 0 bridgehead atoms. The Kier molecular flexibility index (Phi) is 7.33. The molecule has 1 aliphatic carbocycles. The number of benzene rings is 2. The number of hydrogen-bond acceptors (Lipinski definition) is 6. The molecule has 174 valence electrons. The van der Waals surface area contributed by atoms with E-state index in [9.17, 15) is 4.79 Å². The molecule has 1 aromatic heterocycles. The summed E-state index contributed by atoms with van der Waals surface area (Å²) in [4.78, 5) is 24.2. The zero-order chi connectivity index (χ0) is 23.4. The third-order valence-electron chi connectivity index (χ3n) is 6.16. The maximum atomic E-state index is 12.6. The fourth-order valence-corrected chi connectivity index (χ4v) is 4.72. The van der Waals surface area contributed by atoms with E-state index in [2.05, 4.69) is 32.6 Å². The molecule has 1 heterocycles. The first-order valence-electron chi connectivity index (χ1n) is 11.3. The smallest absolute Gasteiger partial charge is 0.252 e. The van der Waals surface area contributed by atoms with E-state index in [4.69, 9.17) is 14.7 Å². The van der Waals surface area contributed by atoms with Crippen LogP contribution < -0.4 is 20.3 Å². The van der Waals surface area contributed by atoms with Crippen LogP contribution in [-0.4, -0.2) is 49.7 Å². The van der Waals surface area contributed by atoms with Crippen molar-refractivity contribution in [2.24, 2.45) is 5.92 Å². The lowest BCUT2D eigenvalue weighted by Crippen LogP contribution is -2.34. The second kappa shape index (κ2) is 10.4. The van der Waals surface area contributed by atoms with Crippen LogP contribution >= 0.6 is 15.9 Å². The number of amides is 1. The number of nitrogens with one attached hydrogen (secondary N) is 2. The average Bonchev–Trinajstić information content (AvgIpc) is 2.83. The number of anilines is 2. The number of fused-ring (bicyclic) bond motifs is 1. The zero-order valence-electron chi connectivity index (χ0n) is 19.3. The van der Waals surface area contributed by atoms with E-state index < -0.39 is 0 Å². The van der Waals surface area contributed by atoms with Gasteiger partial charge in [0.25, 0.3) is 5.91 Å². The van der Waals surface area contributed by atoms with E-state index >= 15 is 0 Å². The maximum absolute atomic E-state index is 12.6. The van der Waals surface area contributed by atoms with Gasteiger partial charge in [-0.1, -0.05) is 12.1 Å². The number of aromatic nitrogens is 2. The Labute approximate surface area is 203 Å². The zero-order valence-corrected chi connectivity index (χ0v) is 20.9. The van der Waals surface area contributed by atoms with Crippen molar-refractivity contribution in [3.05, 3.63) is 52.5 Å². The molecule has 3 aromatic rings. The summed E-state index contributed by atoms with van der Waals surface area (Å²) in [5.74, 6) is 2.65. The predicted octanol–water partition coefficient (Wildman–Crippen LogP) is 4.87. The number of hydrogen-bond donors (Lipinski definition) is 2. The fourth-order valence-electron chi connectivity index (χ4n) is 4.30. The number of ether oxygens (including phenoxy) is 1. The highest BCUT2D eigenvalue weighted by Crippen LogP contribution is 2.28. The van der Waals surface area contributed by atoms with Gasteiger partial charge in [-0.15, -0.1) is 0 Å². The van der Waals surface area contributed by atoms with Gasteiger partial charge in [0, 0.05) is 36.5 Å². The highest BCUT2D eigenvalue weighted by atomic mass is 79.9. The summed E-state index contributed by atoms with van der Waals surface area (Å²) >= 11 is 3.46. The number of rotatable bonds is 7. The molecule has 0 atom stereocenters. The summed E-state index contributed by atoms with van der Waals surface area (Å²) in [7, 11) is 5.60. The van der Waals surface area contributed by atoms with Gasteiger partial charge in [-0.2, -0.15) is 4.98 Å². The molecule has 1 amide bonds. The Bertz CT molecular complexity index is 1130. The van der Waals surface area contributed by atoms with Crippen molar-refractivity contribution < 1.29 is 9.53 Å². The molecule has 1 fully saturated rings. The molecule has 0 radical (unpaired) electrons. The van der Waals surface area contributed by atoms with Gasteiger partial charge in [-0.3, -0.25) is 4.79 Å². The summed E-state index contributed by atoms with van der Waals surface area (Å²) in [6, 6.07) is 13.8. The summed E-state index contributed by atoms with van der Waals surface area (Å²) in [6.07, 6.45) is 4.14. The highest BCUT2D eigenvalue weighted by Gasteiger charge is 2.23. The monoisotopic (exact) mass is 511 g/mol. The molecule has 0 aliphatic heterocycles. The van der Waals surface area contributed by atoms with E-state index in [-0.39, 0.29) is 5.91 Å². The quantitative estimate of drug-likeness (QED) is 0.471. The SMILES string of the molecule is COc1ccc(Br)c(C(=O)NCC2CCC(Nc3nc(N(C)C)c4ccccc4n3)CC2)c1. The van der Waals surface area contributed by atoms with Crippen LogP contribution in [0.2, 0.25) is 0 Å². The first-order valence-corrected chi connectivity index (χ1v) is 12.1. The molecule has 0 unspecified atom stereocenters. The number of carbonyl (C=O) groups excluding carboxylic acids is 1. The van der Waals surface area contributed by atoms with Crippen LogP contribution in [0.1, 0.15) is 36.0 Å². The van der Waals surface area contributed by atoms with Gasteiger partial charge in [-0.05, 0) is 77.9 Å². The van der Waals surface area contributed by atoms with Gasteiger partial charge >= 0.3 is 0 Å². The van der Waals surface area contributed by atoms with Crippen LogP contribution in [0.3, 0.4) is 0 Å². The Hall–Kier alpha value is -2.87. The summed E-state index contributed by atoms with van der Waals surface area (Å²) in [6.45, 7) is 0.673. The van der Waals surface area contributed by atoms with Gasteiger partial charge < -0.3 is 20.3 Å². The first-order chi connectivity index (χ1) is 15.9. The lowest BCUT2D eigenvalue weighted by molar-refractivity contribution is 0.0942. The van der Waals surface area contributed by atoms with Gasteiger partial charge in [0.1, 0.15) is 11.6 Å². The summed E-state index contributed by atoms with van der Waals surface area (Å²) in [5.41, 5.74) is 1.54. The molecule has 33 heavy (non-hydrogen) atoms. The van der Waals surface area contributed by atoms with Crippen molar-refractivity contribution in [3.8, 4) is 5.75 Å². The molecule has 2 N–H and O–H groups in total. The van der Waals surface area contributed by atoms with Crippen LogP contribution in [0.4, 0.5) is 11.8 Å². The van der Waals surface area contributed by atoms with Crippen LogP contribution in [0.25, 0.3) is 10.9 Å². The van der Waals surface area contributed by atoms with Crippen molar-refractivity contribution in [1.29, 1.82) is 0 Å². The minimum absolute atomic E-state index is 0.0817. The van der Waals surface area contributed by atoms with Crippen molar-refractivity contribution in [2.75, 3.05) is 38.0 Å². The van der Waals surface area contributed by atoms with Crippen molar-refractivity contribution in [2.45, 2.75) is 31.7 Å². The largest absolute Gasteiger partial charge is 0.497 e. The number of halogens is 1. The standard InChI is InChI=1S/C25H30BrN5O2/c1-31(2)23-19-6-4-5-7-22(19)29-25(30-23)28-17-10-8-16(9-11-17)15-27-24(32)20-14-18(33-3)12-13-21(20)26/h4-7,12-14,16-17H,8-11,15H2,1-3H3,(H,27,32)(H,28,29,30). The molecule has 0 spiro atoms. The van der Waals surface area contributed by atoms with Crippen LogP contribution in [-0.2, 0) is 0 Å². The normalized spacial score (nSPS) is 18.1. The van der Waals surface area contributed by atoms with Crippen LogP contribution in [0.5, 0.6) is 5.75 Å². The number of nitrogens with zero attached hydrogens (tertiary/aromatic N) is 3. The van der Waals surface area contributed by atoms with Crippen molar-refractivity contribution >= 4 is 44.5 Å². The Morgan fingerprint density at radius 3 is 2.61 bits per heavy atom. The van der Waals surface area contributed by atoms with Crippen LogP contribution in [0.15, 0.2) is 46.9 Å². The van der Waals surface area contributed by atoms with Crippen molar-refractivity contribution in [3.63, 3.8) is 0 Å². The number of carbonyl (C=O) groups is 1. The first kappa shape index (κ1) is 23.3. The Morgan fingerprint density at radius 2 is 1.88 bits per heavy atom. The van der Waals surface area contributed by atoms with E-state index in [1.807, 2.05) is 49.3 Å². The Morgan fingerprint density at radius 1 is 1.12 bits per heavy atom. The Balaban J connectivity index is 1.32. The van der Waals surface area contributed by atoms with Gasteiger partial charge in [0.15, 0.2) is 0 Å². The summed E-state index contributed by atoms with van der Waals surface area (Å²) < 4.78 is 6.00. The molecule has 7 nitrogen and oxygen atoms in total. The number of para-hydroxylation sites is 1. The predicted molar refractivity (Wildman–Crippen MR) is 136 cm³/mol. The van der Waals surface area contributed by atoms with E-state index in [1.165, 1.54) is 0 Å². The lowest BCUT2D eigenvalue weighted by atomic mass is 9.86. The number of methoxy groups -OCH3 is 1. The fraction of sp³-hybridized carbons (Fsp3) is 0.400. The molecule has 1 saturated carbocycles. The average molecular weight is 512 g/mol. The maximum Gasteiger partial charge on any atom is 0.252 e. The molecular formula is C25H30BrN5O2. The second-order valence-electron chi connectivity index (χ2n) is 8.70. The topological polar surface area (TPSA) is 79.4 Å². The molecule has 1 aliphatic rings. The van der Waals surface area contributed by atoms with E-state index in [1.54, 1.807) is 13.2 Å². The summed E-state index contributed by atoms with van der Waals surface area (Å²) in [5, 5.41) is 7.68. The molecule has 4 rings (SSSR count). The molecule has 0 saturated heterocycles. The molecule has 2 aromatic carbocycles. The van der Waals surface area contributed by atoms with E-state index in [0.717, 1.165) is 46.9 Å². The third kappa shape index (κ3) is 5.55. The minimum Gasteiger partial charge on any atom is -0.497 e. The highest BCUT2D eigenvalue weighted by molar-refractivity contribution is 9.10. The minimum atomic E-state index is -0.0817. The molecule has 8 heteroatoms. The van der Waals surface area contributed by atoms with Gasteiger partial charge in [0.2, 0.25) is 5.95 Å².